The van der Waals surface area contributed by atoms with Crippen LogP contribution in [-0.4, -0.2) is 80.8 Å². The summed E-state index contributed by atoms with van der Waals surface area (Å²) >= 11 is 0. The second-order valence-electron chi connectivity index (χ2n) is 9.68. The molecule has 1 unspecified atom stereocenters. The van der Waals surface area contributed by atoms with Crippen LogP contribution in [0.1, 0.15) is 36.1 Å². The van der Waals surface area contributed by atoms with E-state index in [1.54, 1.807) is 6.08 Å². The summed E-state index contributed by atoms with van der Waals surface area (Å²) in [5, 5.41) is 21.3. The van der Waals surface area contributed by atoms with E-state index in [-0.39, 0.29) is 18.6 Å². The van der Waals surface area contributed by atoms with Crippen LogP contribution >= 0.6 is 0 Å². The van der Waals surface area contributed by atoms with Crippen molar-refractivity contribution in [1.29, 1.82) is 0 Å². The molecule has 1 fully saturated rings. The highest BCUT2D eigenvalue weighted by Crippen LogP contribution is 2.30. The number of benzene rings is 1. The van der Waals surface area contributed by atoms with Gasteiger partial charge in [-0.15, -0.1) is 0 Å². The Morgan fingerprint density at radius 3 is 2.97 bits per heavy atom. The number of rotatable bonds is 8. The van der Waals surface area contributed by atoms with Gasteiger partial charge in [-0.25, -0.2) is 9.50 Å². The predicted octanol–water partition coefficient (Wildman–Crippen LogP) is 2.00. The highest BCUT2D eigenvalue weighted by atomic mass is 16.3. The second-order valence-corrected chi connectivity index (χ2v) is 9.68. The molecule has 1 aromatic carbocycles. The van der Waals surface area contributed by atoms with Crippen LogP contribution in [0.5, 0.6) is 0 Å². The molecule has 1 saturated heterocycles. The first kappa shape index (κ1) is 24.4. The maximum atomic E-state index is 12.9. The minimum Gasteiger partial charge on any atom is -0.394 e. The number of nitrogens with zero attached hydrogens (tertiary/aromatic N) is 5. The van der Waals surface area contributed by atoms with Crippen LogP contribution < -0.4 is 10.6 Å². The van der Waals surface area contributed by atoms with Gasteiger partial charge in [0.05, 0.1) is 12.6 Å². The lowest BCUT2D eigenvalue weighted by Crippen LogP contribution is -2.49. The molecule has 9 heteroatoms. The van der Waals surface area contributed by atoms with Crippen molar-refractivity contribution in [3.8, 4) is 0 Å². The Balaban J connectivity index is 1.25. The summed E-state index contributed by atoms with van der Waals surface area (Å²) in [5.41, 5.74) is 4.15. The Hall–Kier alpha value is -3.27. The molecule has 36 heavy (non-hydrogen) atoms. The molecule has 4 heterocycles. The first-order chi connectivity index (χ1) is 17.6. The summed E-state index contributed by atoms with van der Waals surface area (Å²) in [5.74, 6) is 0.745. The van der Waals surface area contributed by atoms with Gasteiger partial charge in [0.15, 0.2) is 5.82 Å². The van der Waals surface area contributed by atoms with Crippen LogP contribution in [0.4, 0.5) is 5.82 Å². The predicted molar refractivity (Wildman–Crippen MR) is 140 cm³/mol. The third kappa shape index (κ3) is 5.43. The fourth-order valence-corrected chi connectivity index (χ4v) is 5.21. The number of aliphatic hydroxyl groups is 1. The molecule has 0 aliphatic carbocycles. The molecule has 5 rings (SSSR count). The number of piperazine rings is 1. The normalized spacial score (nSPS) is 19.5. The summed E-state index contributed by atoms with van der Waals surface area (Å²) in [6.45, 7) is 7.50. The molecule has 0 radical (unpaired) electrons. The number of amides is 1. The van der Waals surface area contributed by atoms with Crippen LogP contribution in [0.3, 0.4) is 0 Å². The number of fused-ring (bicyclic) bond motifs is 3. The molecule has 1 amide bonds. The average molecular weight is 490 g/mol. The number of aliphatic hydroxyl groups excluding tert-OH is 1. The molecule has 2 aromatic heterocycles. The van der Waals surface area contributed by atoms with Gasteiger partial charge < -0.3 is 25.5 Å². The molecule has 0 spiro atoms. The van der Waals surface area contributed by atoms with Crippen molar-refractivity contribution in [2.45, 2.75) is 38.4 Å². The van der Waals surface area contributed by atoms with E-state index >= 15 is 0 Å². The molecule has 2 aliphatic heterocycles. The van der Waals surface area contributed by atoms with Crippen LogP contribution in [0.15, 0.2) is 55.0 Å². The van der Waals surface area contributed by atoms with Crippen molar-refractivity contribution in [1.82, 2.24) is 29.7 Å². The molecule has 190 valence electrons. The van der Waals surface area contributed by atoms with E-state index < -0.39 is 0 Å². The topological polar surface area (TPSA) is 98.0 Å². The van der Waals surface area contributed by atoms with Crippen LogP contribution in [0, 0.1) is 0 Å². The van der Waals surface area contributed by atoms with Gasteiger partial charge in [0.25, 0.3) is 0 Å². The van der Waals surface area contributed by atoms with Gasteiger partial charge in [0, 0.05) is 51.5 Å². The zero-order chi connectivity index (χ0) is 24.9. The van der Waals surface area contributed by atoms with E-state index in [1.807, 2.05) is 52.0 Å². The van der Waals surface area contributed by atoms with Gasteiger partial charge in [-0.3, -0.25) is 4.79 Å². The molecule has 0 saturated carbocycles. The SMILES string of the molecule is CC1CN(CC/C=C/C(=O)N2CCc3c(cn4ncnc(N[C@H](CO)c5ccccc5)c34)C2)CCN1. The quantitative estimate of drug-likeness (QED) is 0.417. The number of hydrogen-bond donors (Lipinski definition) is 3. The standard InChI is InChI=1S/C27H35N7O2/c1-20-15-32(14-11-28-20)12-6-5-9-25(36)33-13-10-23-22(16-33)17-34-26(23)27(29-19-30-34)31-24(18-35)21-7-3-2-4-8-21/h2-5,7-9,17,19-20,24,28,35H,6,10-16,18H2,1H3,(H,29,30,31)/b9-5+/t20?,24-/m1/s1. The lowest BCUT2D eigenvalue weighted by atomic mass is 10.0. The largest absolute Gasteiger partial charge is 0.394 e. The molecule has 2 atom stereocenters. The van der Waals surface area contributed by atoms with E-state index in [1.165, 1.54) is 6.33 Å². The Kier molecular flexibility index (Phi) is 7.60. The average Bonchev–Trinajstić information content (AvgIpc) is 3.29. The molecule has 0 bridgehead atoms. The summed E-state index contributed by atoms with van der Waals surface area (Å²) in [6, 6.07) is 10.1. The van der Waals surface area contributed by atoms with Crippen LogP contribution in [0.25, 0.3) is 5.52 Å². The highest BCUT2D eigenvalue weighted by molar-refractivity contribution is 5.88. The number of nitrogens with one attached hydrogen (secondary N) is 2. The summed E-state index contributed by atoms with van der Waals surface area (Å²) in [6.07, 6.45) is 8.86. The lowest BCUT2D eigenvalue weighted by molar-refractivity contribution is -0.126. The molecular weight excluding hydrogens is 454 g/mol. The Bertz CT molecular complexity index is 1210. The Morgan fingerprint density at radius 2 is 2.17 bits per heavy atom. The number of carbonyl (C=O) groups is 1. The van der Waals surface area contributed by atoms with E-state index in [4.69, 9.17) is 0 Å². The Labute approximate surface area is 211 Å². The van der Waals surface area contributed by atoms with Crippen molar-refractivity contribution in [2.75, 3.05) is 44.6 Å². The van der Waals surface area contributed by atoms with Gasteiger partial charge in [-0.05, 0) is 42.5 Å². The third-order valence-electron chi connectivity index (χ3n) is 7.09. The minimum atomic E-state index is -0.272. The molecule has 3 aromatic rings. The van der Waals surface area contributed by atoms with Crippen molar-refractivity contribution < 1.29 is 9.90 Å². The number of aromatic nitrogens is 3. The zero-order valence-corrected chi connectivity index (χ0v) is 20.8. The maximum absolute atomic E-state index is 12.9. The van der Waals surface area contributed by atoms with Gasteiger partial charge in [0.1, 0.15) is 11.8 Å². The summed E-state index contributed by atoms with van der Waals surface area (Å²) < 4.78 is 1.83. The number of hydrogen-bond acceptors (Lipinski definition) is 7. The van der Waals surface area contributed by atoms with Crippen molar-refractivity contribution in [3.05, 3.63) is 71.7 Å². The van der Waals surface area contributed by atoms with Gasteiger partial charge in [-0.1, -0.05) is 36.4 Å². The number of anilines is 1. The maximum Gasteiger partial charge on any atom is 0.246 e. The fraction of sp³-hybridized carbons (Fsp3) is 0.444. The van der Waals surface area contributed by atoms with Gasteiger partial charge in [-0.2, -0.15) is 5.10 Å². The van der Waals surface area contributed by atoms with E-state index in [2.05, 4.69) is 32.5 Å². The summed E-state index contributed by atoms with van der Waals surface area (Å²) in [7, 11) is 0. The van der Waals surface area contributed by atoms with Gasteiger partial charge in [0.2, 0.25) is 5.91 Å². The van der Waals surface area contributed by atoms with Crippen molar-refractivity contribution >= 4 is 17.2 Å². The monoisotopic (exact) mass is 489 g/mol. The molecule has 3 N–H and O–H groups in total. The van der Waals surface area contributed by atoms with Crippen molar-refractivity contribution in [3.63, 3.8) is 0 Å². The minimum absolute atomic E-state index is 0.0502. The highest BCUT2D eigenvalue weighted by Gasteiger charge is 2.25. The number of carbonyl (C=O) groups excluding carboxylic acids is 1. The van der Waals surface area contributed by atoms with E-state index in [9.17, 15) is 9.90 Å². The van der Waals surface area contributed by atoms with Crippen LogP contribution in [-0.2, 0) is 17.8 Å². The first-order valence-electron chi connectivity index (χ1n) is 12.8. The molecule has 2 aliphatic rings. The molecule has 9 nitrogen and oxygen atoms in total. The van der Waals surface area contributed by atoms with Gasteiger partial charge >= 0.3 is 0 Å². The second kappa shape index (κ2) is 11.2. The molecular formula is C27H35N7O2. The smallest absolute Gasteiger partial charge is 0.246 e. The van der Waals surface area contributed by atoms with E-state index in [0.29, 0.717) is 24.9 Å². The van der Waals surface area contributed by atoms with Crippen LogP contribution in [0.2, 0.25) is 0 Å². The van der Waals surface area contributed by atoms with Crippen molar-refractivity contribution in [2.24, 2.45) is 0 Å². The van der Waals surface area contributed by atoms with E-state index in [0.717, 1.165) is 61.2 Å². The Morgan fingerprint density at radius 1 is 1.31 bits per heavy atom. The first-order valence-corrected chi connectivity index (χ1v) is 12.8. The zero-order valence-electron chi connectivity index (χ0n) is 20.8. The lowest BCUT2D eigenvalue weighted by Gasteiger charge is -2.31. The third-order valence-corrected chi connectivity index (χ3v) is 7.09. The fourth-order valence-electron chi connectivity index (χ4n) is 5.21. The summed E-state index contributed by atoms with van der Waals surface area (Å²) in [4.78, 5) is 21.7.